The number of ether oxygens (including phenoxy) is 1. The summed E-state index contributed by atoms with van der Waals surface area (Å²) in [5.41, 5.74) is 1.17. The number of carbonyl (C=O) groups excluding carboxylic acids is 1. The Kier molecular flexibility index (Phi) is 6.17. The molecule has 6 nitrogen and oxygen atoms in total. The van der Waals surface area contributed by atoms with Crippen molar-refractivity contribution < 1.29 is 9.53 Å². The molecule has 1 aromatic heterocycles. The molecule has 1 saturated heterocycles. The highest BCUT2D eigenvalue weighted by atomic mass is 16.5. The molecule has 25 heavy (non-hydrogen) atoms. The molecule has 0 radical (unpaired) electrons. The van der Waals surface area contributed by atoms with E-state index in [-0.39, 0.29) is 5.91 Å². The van der Waals surface area contributed by atoms with Crippen molar-refractivity contribution in [3.63, 3.8) is 0 Å². The van der Waals surface area contributed by atoms with E-state index in [4.69, 9.17) is 4.74 Å². The van der Waals surface area contributed by atoms with E-state index >= 15 is 0 Å². The molecule has 0 N–H and O–H groups in total. The van der Waals surface area contributed by atoms with Crippen LogP contribution < -0.4 is 0 Å². The third-order valence-electron chi connectivity index (χ3n) is 4.75. The Labute approximate surface area is 148 Å². The lowest BCUT2D eigenvalue weighted by atomic mass is 9.95. The number of piperidine rings is 1. The number of nitrogens with zero attached hydrogens (tertiary/aromatic N) is 4. The molecule has 6 heteroatoms. The van der Waals surface area contributed by atoms with E-state index in [9.17, 15) is 4.79 Å². The smallest absolute Gasteiger partial charge is 0.222 e. The van der Waals surface area contributed by atoms with Gasteiger partial charge in [-0.1, -0.05) is 30.3 Å². The molecule has 0 spiro atoms. The van der Waals surface area contributed by atoms with Gasteiger partial charge < -0.3 is 14.2 Å². The van der Waals surface area contributed by atoms with Crippen molar-refractivity contribution >= 4 is 5.91 Å². The molecule has 2 heterocycles. The van der Waals surface area contributed by atoms with Gasteiger partial charge in [0.05, 0.1) is 6.61 Å². The Morgan fingerprint density at radius 3 is 2.68 bits per heavy atom. The van der Waals surface area contributed by atoms with Gasteiger partial charge in [0, 0.05) is 39.1 Å². The molecule has 1 amide bonds. The van der Waals surface area contributed by atoms with Crippen LogP contribution in [0.3, 0.4) is 0 Å². The van der Waals surface area contributed by atoms with Crippen molar-refractivity contribution in [2.45, 2.75) is 38.2 Å². The Balaban J connectivity index is 1.32. The van der Waals surface area contributed by atoms with E-state index in [2.05, 4.69) is 10.2 Å². The summed E-state index contributed by atoms with van der Waals surface area (Å²) < 4.78 is 7.63. The minimum absolute atomic E-state index is 0.236. The van der Waals surface area contributed by atoms with Crippen LogP contribution in [-0.2, 0) is 23.2 Å². The lowest BCUT2D eigenvalue weighted by Gasteiger charge is -2.31. The van der Waals surface area contributed by atoms with E-state index in [1.165, 1.54) is 5.56 Å². The number of amides is 1. The van der Waals surface area contributed by atoms with Crippen LogP contribution in [0.4, 0.5) is 0 Å². The van der Waals surface area contributed by atoms with Crippen molar-refractivity contribution in [1.82, 2.24) is 19.7 Å². The molecule has 1 aliphatic rings. The number of aromatic nitrogens is 3. The Bertz CT molecular complexity index is 663. The minimum atomic E-state index is 0.236. The van der Waals surface area contributed by atoms with Gasteiger partial charge in [0.25, 0.3) is 0 Å². The van der Waals surface area contributed by atoms with Gasteiger partial charge in [-0.2, -0.15) is 0 Å². The third kappa shape index (κ3) is 4.89. The molecule has 1 aromatic carbocycles. The highest BCUT2D eigenvalue weighted by molar-refractivity contribution is 5.76. The molecule has 0 aliphatic carbocycles. The number of carbonyl (C=O) groups is 1. The lowest BCUT2D eigenvalue weighted by Crippen LogP contribution is -2.38. The number of aryl methyl sites for hydroxylation is 1. The van der Waals surface area contributed by atoms with Crippen molar-refractivity contribution in [3.05, 3.63) is 48.0 Å². The Morgan fingerprint density at radius 2 is 2.00 bits per heavy atom. The fraction of sp³-hybridized carbons (Fsp3) is 0.526. The molecule has 1 aliphatic heterocycles. The summed E-state index contributed by atoms with van der Waals surface area (Å²) in [5, 5.41) is 8.15. The van der Waals surface area contributed by atoms with E-state index in [0.717, 1.165) is 38.2 Å². The second kappa shape index (κ2) is 8.76. The molecule has 0 atom stereocenters. The first kappa shape index (κ1) is 17.6. The average Bonchev–Trinajstić information content (AvgIpc) is 3.08. The van der Waals surface area contributed by atoms with Crippen LogP contribution in [0, 0.1) is 0 Å². The maximum absolute atomic E-state index is 12.3. The zero-order valence-corrected chi connectivity index (χ0v) is 14.8. The maximum atomic E-state index is 12.3. The summed E-state index contributed by atoms with van der Waals surface area (Å²) in [4.78, 5) is 14.3. The first-order valence-electron chi connectivity index (χ1n) is 8.97. The van der Waals surface area contributed by atoms with Crippen LogP contribution >= 0.6 is 0 Å². The molecule has 2 aromatic rings. The highest BCUT2D eigenvalue weighted by Crippen LogP contribution is 2.26. The number of rotatable bonds is 7. The van der Waals surface area contributed by atoms with Crippen LogP contribution in [0.25, 0.3) is 0 Å². The monoisotopic (exact) mass is 342 g/mol. The minimum Gasteiger partial charge on any atom is -0.377 e. The van der Waals surface area contributed by atoms with Crippen LogP contribution in [0.5, 0.6) is 0 Å². The molecular weight excluding hydrogens is 316 g/mol. The summed E-state index contributed by atoms with van der Waals surface area (Å²) in [6, 6.07) is 10.1. The van der Waals surface area contributed by atoms with Gasteiger partial charge in [-0.25, -0.2) is 0 Å². The molecular formula is C19H26N4O2. The summed E-state index contributed by atoms with van der Waals surface area (Å²) in [7, 11) is 1.97. The number of hydrogen-bond acceptors (Lipinski definition) is 4. The van der Waals surface area contributed by atoms with Crippen LogP contribution in [-0.4, -0.2) is 45.3 Å². The predicted molar refractivity (Wildman–Crippen MR) is 94.9 cm³/mol. The molecule has 134 valence electrons. The zero-order chi connectivity index (χ0) is 17.5. The molecule has 0 unspecified atom stereocenters. The van der Waals surface area contributed by atoms with Crippen molar-refractivity contribution in [2.24, 2.45) is 7.05 Å². The number of likely N-dealkylation sites (tertiary alicyclic amines) is 1. The third-order valence-corrected chi connectivity index (χ3v) is 4.75. The predicted octanol–water partition coefficient (Wildman–Crippen LogP) is 2.52. The summed E-state index contributed by atoms with van der Waals surface area (Å²) in [6.45, 7) is 2.84. The normalized spacial score (nSPS) is 15.5. The SMILES string of the molecule is Cn1cnnc1C1CCN(C(=O)CCCOCc2ccccc2)CC1. The van der Waals surface area contributed by atoms with Gasteiger partial charge in [-0.05, 0) is 24.8 Å². The van der Waals surface area contributed by atoms with Gasteiger partial charge in [-0.3, -0.25) is 4.79 Å². The lowest BCUT2D eigenvalue weighted by molar-refractivity contribution is -0.132. The summed E-state index contributed by atoms with van der Waals surface area (Å²) in [5.74, 6) is 1.67. The van der Waals surface area contributed by atoms with Gasteiger partial charge in [-0.15, -0.1) is 10.2 Å². The van der Waals surface area contributed by atoms with Gasteiger partial charge in [0.2, 0.25) is 5.91 Å². The van der Waals surface area contributed by atoms with Crippen molar-refractivity contribution in [3.8, 4) is 0 Å². The quantitative estimate of drug-likeness (QED) is 0.726. The summed E-state index contributed by atoms with van der Waals surface area (Å²) >= 11 is 0. The first-order chi connectivity index (χ1) is 12.2. The largest absolute Gasteiger partial charge is 0.377 e. The van der Waals surface area contributed by atoms with Crippen LogP contribution in [0.2, 0.25) is 0 Å². The Morgan fingerprint density at radius 1 is 1.24 bits per heavy atom. The Hall–Kier alpha value is -2.21. The molecule has 3 rings (SSSR count). The van der Waals surface area contributed by atoms with E-state index in [1.54, 1.807) is 6.33 Å². The summed E-state index contributed by atoms with van der Waals surface area (Å²) in [6.07, 6.45) is 4.99. The topological polar surface area (TPSA) is 60.2 Å². The molecule has 0 bridgehead atoms. The van der Waals surface area contributed by atoms with E-state index < -0.39 is 0 Å². The fourth-order valence-corrected chi connectivity index (χ4v) is 3.30. The fourth-order valence-electron chi connectivity index (χ4n) is 3.30. The van der Waals surface area contributed by atoms with Crippen molar-refractivity contribution in [2.75, 3.05) is 19.7 Å². The second-order valence-electron chi connectivity index (χ2n) is 6.60. The molecule has 0 saturated carbocycles. The first-order valence-corrected chi connectivity index (χ1v) is 8.97. The van der Waals surface area contributed by atoms with Crippen LogP contribution in [0.15, 0.2) is 36.7 Å². The van der Waals surface area contributed by atoms with Crippen LogP contribution in [0.1, 0.15) is 43.0 Å². The highest BCUT2D eigenvalue weighted by Gasteiger charge is 2.25. The van der Waals surface area contributed by atoms with Crippen molar-refractivity contribution in [1.29, 1.82) is 0 Å². The number of hydrogen-bond donors (Lipinski definition) is 0. The zero-order valence-electron chi connectivity index (χ0n) is 14.8. The molecule has 1 fully saturated rings. The van der Waals surface area contributed by atoms with E-state index in [0.29, 0.717) is 25.6 Å². The van der Waals surface area contributed by atoms with Gasteiger partial charge in [0.1, 0.15) is 12.2 Å². The van der Waals surface area contributed by atoms with E-state index in [1.807, 2.05) is 46.8 Å². The second-order valence-corrected chi connectivity index (χ2v) is 6.60. The number of benzene rings is 1. The van der Waals surface area contributed by atoms with Gasteiger partial charge in [0.15, 0.2) is 0 Å². The maximum Gasteiger partial charge on any atom is 0.222 e. The average molecular weight is 342 g/mol. The van der Waals surface area contributed by atoms with Gasteiger partial charge >= 0.3 is 0 Å². The standard InChI is InChI=1S/C19H26N4O2/c1-22-15-20-21-19(22)17-9-11-23(12-10-17)18(24)8-5-13-25-14-16-6-3-2-4-7-16/h2-4,6-7,15,17H,5,8-14H2,1H3.